The lowest BCUT2D eigenvalue weighted by molar-refractivity contribution is -0.118. The summed E-state index contributed by atoms with van der Waals surface area (Å²) in [5.41, 5.74) is 0.584. The zero-order valence-electron chi connectivity index (χ0n) is 15.0. The van der Waals surface area contributed by atoms with Gasteiger partial charge in [0, 0.05) is 17.8 Å². The smallest absolute Gasteiger partial charge is 0.251 e. The van der Waals surface area contributed by atoms with Crippen molar-refractivity contribution < 1.29 is 27.2 Å². The Kier molecular flexibility index (Phi) is 6.92. The van der Waals surface area contributed by atoms with Crippen molar-refractivity contribution in [2.24, 2.45) is 5.92 Å². The summed E-state index contributed by atoms with van der Waals surface area (Å²) >= 11 is 0. The van der Waals surface area contributed by atoms with Crippen LogP contribution in [0.3, 0.4) is 0 Å². The van der Waals surface area contributed by atoms with Crippen LogP contribution < -0.4 is 10.6 Å². The van der Waals surface area contributed by atoms with E-state index in [9.17, 15) is 27.2 Å². The van der Waals surface area contributed by atoms with Crippen molar-refractivity contribution in [3.8, 4) is 0 Å². The highest BCUT2D eigenvalue weighted by molar-refractivity contribution is 5.95. The van der Waals surface area contributed by atoms with Gasteiger partial charge >= 0.3 is 0 Å². The van der Waals surface area contributed by atoms with E-state index in [-0.39, 0.29) is 24.4 Å². The molecule has 28 heavy (non-hydrogen) atoms. The highest BCUT2D eigenvalue weighted by atomic mass is 19.2. The van der Waals surface area contributed by atoms with E-state index in [2.05, 4.69) is 17.2 Å². The van der Waals surface area contributed by atoms with Gasteiger partial charge in [-0.15, -0.1) is 0 Å². The van der Waals surface area contributed by atoms with Crippen LogP contribution in [0.15, 0.2) is 48.6 Å². The minimum atomic E-state index is -1.65. The summed E-state index contributed by atoms with van der Waals surface area (Å²) in [7, 11) is 0. The Bertz CT molecular complexity index is 875. The van der Waals surface area contributed by atoms with Gasteiger partial charge < -0.3 is 10.6 Å². The summed E-state index contributed by atoms with van der Waals surface area (Å²) in [6.07, 6.45) is 0.232. The van der Waals surface area contributed by atoms with Crippen LogP contribution in [0.25, 0.3) is 0 Å². The van der Waals surface area contributed by atoms with Crippen LogP contribution in [-0.2, 0) is 4.79 Å². The van der Waals surface area contributed by atoms with E-state index in [1.807, 2.05) is 0 Å². The molecule has 8 heteroatoms. The Morgan fingerprint density at radius 2 is 1.61 bits per heavy atom. The normalized spacial score (nSPS) is 11.6. The molecule has 0 unspecified atom stereocenters. The molecule has 0 bridgehead atoms. The van der Waals surface area contributed by atoms with Gasteiger partial charge in [-0.05, 0) is 49.7 Å². The molecule has 1 atom stereocenters. The number of anilines is 1. The first-order valence-electron chi connectivity index (χ1n) is 8.36. The minimum Gasteiger partial charge on any atom is -0.352 e. The SMILES string of the molecule is C=C(CCNC(=O)c1cc(F)c(F)c(F)c1)[C@H](C)C(=O)Nc1ccc(F)cc1. The van der Waals surface area contributed by atoms with Crippen LogP contribution in [0.4, 0.5) is 23.2 Å². The van der Waals surface area contributed by atoms with Gasteiger partial charge in [0.1, 0.15) is 5.82 Å². The first-order valence-corrected chi connectivity index (χ1v) is 8.36. The van der Waals surface area contributed by atoms with Gasteiger partial charge in [-0.1, -0.05) is 12.2 Å². The molecule has 148 valence electrons. The number of hydrogen-bond acceptors (Lipinski definition) is 2. The predicted octanol–water partition coefficient (Wildman–Crippen LogP) is 4.19. The molecular formula is C20H18F4N2O2. The van der Waals surface area contributed by atoms with Gasteiger partial charge in [0.05, 0.1) is 5.92 Å². The van der Waals surface area contributed by atoms with Crippen molar-refractivity contribution in [1.29, 1.82) is 0 Å². The zero-order valence-corrected chi connectivity index (χ0v) is 15.0. The first kappa shape index (κ1) is 21.1. The molecule has 2 aromatic carbocycles. The third-order valence-corrected chi connectivity index (χ3v) is 4.10. The molecule has 2 N–H and O–H groups in total. The molecule has 2 rings (SSSR count). The molecule has 0 saturated carbocycles. The lowest BCUT2D eigenvalue weighted by Crippen LogP contribution is -2.27. The Hall–Kier alpha value is -3.16. The van der Waals surface area contributed by atoms with Crippen LogP contribution in [0.2, 0.25) is 0 Å². The van der Waals surface area contributed by atoms with E-state index in [4.69, 9.17) is 0 Å². The topological polar surface area (TPSA) is 58.2 Å². The molecule has 0 radical (unpaired) electrons. The van der Waals surface area contributed by atoms with Crippen molar-refractivity contribution in [1.82, 2.24) is 5.32 Å². The standard InChI is InChI=1S/C20H18F4N2O2/c1-11(12(2)19(27)26-15-5-3-14(21)4-6-15)7-8-25-20(28)13-9-16(22)18(24)17(23)10-13/h3-6,9-10,12H,1,7-8H2,2H3,(H,25,28)(H,26,27)/t12-/m0/s1. The van der Waals surface area contributed by atoms with Gasteiger partial charge in [-0.25, -0.2) is 17.6 Å². The average Bonchev–Trinajstić information content (AvgIpc) is 2.66. The molecule has 2 amide bonds. The molecule has 0 spiro atoms. The molecule has 4 nitrogen and oxygen atoms in total. The van der Waals surface area contributed by atoms with Gasteiger partial charge in [-0.3, -0.25) is 9.59 Å². The van der Waals surface area contributed by atoms with Crippen molar-refractivity contribution in [3.05, 3.63) is 77.4 Å². The zero-order chi connectivity index (χ0) is 20.8. The molecule has 0 aliphatic carbocycles. The minimum absolute atomic E-state index is 0.0620. The van der Waals surface area contributed by atoms with E-state index in [0.29, 0.717) is 23.4 Å². The Balaban J connectivity index is 1.84. The summed E-state index contributed by atoms with van der Waals surface area (Å²) in [5.74, 6) is -6.72. The molecular weight excluding hydrogens is 376 g/mol. The lowest BCUT2D eigenvalue weighted by Gasteiger charge is -2.15. The molecule has 0 aliphatic heterocycles. The van der Waals surface area contributed by atoms with Crippen molar-refractivity contribution in [3.63, 3.8) is 0 Å². The van der Waals surface area contributed by atoms with Crippen molar-refractivity contribution >= 4 is 17.5 Å². The molecule has 0 fully saturated rings. The van der Waals surface area contributed by atoms with Gasteiger partial charge in [0.25, 0.3) is 5.91 Å². The Labute approximate surface area is 159 Å². The van der Waals surface area contributed by atoms with E-state index in [0.717, 1.165) is 0 Å². The van der Waals surface area contributed by atoms with Gasteiger partial charge in [-0.2, -0.15) is 0 Å². The molecule has 0 heterocycles. The van der Waals surface area contributed by atoms with E-state index in [1.54, 1.807) is 6.92 Å². The molecule has 2 aromatic rings. The number of hydrogen-bond donors (Lipinski definition) is 2. The van der Waals surface area contributed by atoms with E-state index >= 15 is 0 Å². The number of halogens is 4. The lowest BCUT2D eigenvalue weighted by atomic mass is 9.98. The van der Waals surface area contributed by atoms with Crippen molar-refractivity contribution in [2.75, 3.05) is 11.9 Å². The third-order valence-electron chi connectivity index (χ3n) is 4.10. The van der Waals surface area contributed by atoms with Crippen LogP contribution in [-0.4, -0.2) is 18.4 Å². The second-order valence-electron chi connectivity index (χ2n) is 6.14. The van der Waals surface area contributed by atoms with Gasteiger partial charge in [0.15, 0.2) is 17.5 Å². The fourth-order valence-corrected chi connectivity index (χ4v) is 2.31. The van der Waals surface area contributed by atoms with Crippen LogP contribution in [0.1, 0.15) is 23.7 Å². The second kappa shape index (κ2) is 9.16. The fourth-order valence-electron chi connectivity index (χ4n) is 2.31. The van der Waals surface area contributed by atoms with E-state index < -0.39 is 35.1 Å². The fraction of sp³-hybridized carbons (Fsp3) is 0.200. The first-order chi connectivity index (χ1) is 13.2. The number of amides is 2. The summed E-state index contributed by atoms with van der Waals surface area (Å²) < 4.78 is 52.1. The predicted molar refractivity (Wildman–Crippen MR) is 96.6 cm³/mol. The maximum Gasteiger partial charge on any atom is 0.251 e. The van der Waals surface area contributed by atoms with Crippen LogP contribution in [0.5, 0.6) is 0 Å². The summed E-state index contributed by atoms with van der Waals surface area (Å²) in [4.78, 5) is 24.1. The molecule has 0 aliphatic rings. The van der Waals surface area contributed by atoms with E-state index in [1.165, 1.54) is 24.3 Å². The monoisotopic (exact) mass is 394 g/mol. The largest absolute Gasteiger partial charge is 0.352 e. The number of benzene rings is 2. The number of carbonyl (C=O) groups excluding carboxylic acids is 2. The molecule has 0 saturated heterocycles. The summed E-state index contributed by atoms with van der Waals surface area (Å²) in [5, 5.41) is 5.04. The maximum absolute atomic E-state index is 13.2. The van der Waals surface area contributed by atoms with Crippen LogP contribution >= 0.6 is 0 Å². The number of carbonyl (C=O) groups is 2. The highest BCUT2D eigenvalue weighted by Gasteiger charge is 2.18. The van der Waals surface area contributed by atoms with Crippen LogP contribution in [0, 0.1) is 29.2 Å². The maximum atomic E-state index is 13.2. The Morgan fingerprint density at radius 3 is 2.18 bits per heavy atom. The second-order valence-corrected chi connectivity index (χ2v) is 6.14. The number of nitrogens with one attached hydrogen (secondary N) is 2. The Morgan fingerprint density at radius 1 is 1.04 bits per heavy atom. The quantitative estimate of drug-likeness (QED) is 0.420. The van der Waals surface area contributed by atoms with Crippen molar-refractivity contribution in [2.45, 2.75) is 13.3 Å². The van der Waals surface area contributed by atoms with Gasteiger partial charge in [0.2, 0.25) is 5.91 Å². The number of rotatable bonds is 7. The average molecular weight is 394 g/mol. The summed E-state index contributed by atoms with van der Waals surface area (Å²) in [6, 6.07) is 6.47. The third kappa shape index (κ3) is 5.42. The summed E-state index contributed by atoms with van der Waals surface area (Å²) in [6.45, 7) is 5.48. The molecule has 0 aromatic heterocycles. The highest BCUT2D eigenvalue weighted by Crippen LogP contribution is 2.17.